The van der Waals surface area contributed by atoms with Crippen molar-refractivity contribution in [1.82, 2.24) is 15.5 Å². The number of methoxy groups -OCH3 is 1. The summed E-state index contributed by atoms with van der Waals surface area (Å²) in [4.78, 5) is 18.7. The van der Waals surface area contributed by atoms with Crippen molar-refractivity contribution in [2.75, 3.05) is 41.3 Å². The number of guanidine groups is 1. The Hall–Kier alpha value is -1.71. The van der Waals surface area contributed by atoms with E-state index in [4.69, 9.17) is 9.47 Å². The molecule has 1 fully saturated rings. The molecule has 0 saturated heterocycles. The molecule has 0 heterocycles. The van der Waals surface area contributed by atoms with Gasteiger partial charge in [0.15, 0.2) is 5.96 Å². The van der Waals surface area contributed by atoms with E-state index < -0.39 is 0 Å². The zero-order valence-electron chi connectivity index (χ0n) is 18.2. The first-order valence-electron chi connectivity index (χ1n) is 9.87. The third-order valence-corrected chi connectivity index (χ3v) is 5.17. The van der Waals surface area contributed by atoms with Crippen LogP contribution in [0.25, 0.3) is 0 Å². The number of nitrogens with one attached hydrogen (secondary N) is 2. The summed E-state index contributed by atoms with van der Waals surface area (Å²) < 4.78 is 11.2. The van der Waals surface area contributed by atoms with Gasteiger partial charge >= 0.3 is 0 Å². The highest BCUT2D eigenvalue weighted by molar-refractivity contribution is 14.0. The lowest BCUT2D eigenvalue weighted by Gasteiger charge is -2.31. The molecule has 7 nitrogen and oxygen atoms in total. The maximum absolute atomic E-state index is 12.7. The van der Waals surface area contributed by atoms with Crippen molar-refractivity contribution in [2.45, 2.75) is 38.7 Å². The number of amides is 1. The van der Waals surface area contributed by atoms with Crippen LogP contribution >= 0.6 is 24.0 Å². The summed E-state index contributed by atoms with van der Waals surface area (Å²) in [5.74, 6) is 2.40. The molecule has 2 rings (SSSR count). The molecule has 29 heavy (non-hydrogen) atoms. The van der Waals surface area contributed by atoms with Gasteiger partial charge in [-0.15, -0.1) is 24.0 Å². The van der Waals surface area contributed by atoms with Gasteiger partial charge in [0.1, 0.15) is 17.6 Å². The number of benzene rings is 1. The quantitative estimate of drug-likeness (QED) is 0.315. The standard InChI is InChI=1S/C21H34N4O3.HI/c1-16(28-18-10-8-9-17(13-18)27-5)14-23-20(22-2)24-15-21(11-6-7-12-21)19(26)25(3)4;/h8-10,13,16H,6-7,11-12,14-15H2,1-5H3,(H2,22,23,24);1H. The minimum Gasteiger partial charge on any atom is -0.497 e. The fraction of sp³-hybridized carbons (Fsp3) is 0.619. The molecular formula is C21H35IN4O3. The molecule has 0 bridgehead atoms. The van der Waals surface area contributed by atoms with Crippen LogP contribution in [0, 0.1) is 5.41 Å². The van der Waals surface area contributed by atoms with Gasteiger partial charge in [-0.3, -0.25) is 9.79 Å². The zero-order chi connectivity index (χ0) is 20.6. The lowest BCUT2D eigenvalue weighted by atomic mass is 9.84. The summed E-state index contributed by atoms with van der Waals surface area (Å²) in [6, 6.07) is 7.55. The number of nitrogens with zero attached hydrogens (tertiary/aromatic N) is 2. The van der Waals surface area contributed by atoms with Gasteiger partial charge in [-0.05, 0) is 31.9 Å². The Morgan fingerprint density at radius 2 is 1.90 bits per heavy atom. The molecule has 0 radical (unpaired) electrons. The molecule has 1 saturated carbocycles. The number of halogens is 1. The van der Waals surface area contributed by atoms with E-state index in [1.165, 1.54) is 0 Å². The largest absolute Gasteiger partial charge is 0.497 e. The number of ether oxygens (including phenoxy) is 2. The topological polar surface area (TPSA) is 75.2 Å². The molecule has 8 heteroatoms. The fourth-order valence-corrected chi connectivity index (χ4v) is 3.65. The van der Waals surface area contributed by atoms with Crippen LogP contribution in [0.15, 0.2) is 29.3 Å². The maximum Gasteiger partial charge on any atom is 0.230 e. The third-order valence-electron chi connectivity index (χ3n) is 5.17. The minimum atomic E-state index is -0.330. The van der Waals surface area contributed by atoms with Crippen LogP contribution in [0.4, 0.5) is 0 Å². The molecule has 1 aliphatic carbocycles. The predicted octanol–water partition coefficient (Wildman–Crippen LogP) is 2.89. The molecule has 0 aromatic heterocycles. The molecule has 0 aliphatic heterocycles. The second-order valence-corrected chi connectivity index (χ2v) is 7.60. The highest BCUT2D eigenvalue weighted by Gasteiger charge is 2.42. The summed E-state index contributed by atoms with van der Waals surface area (Å²) in [6.45, 7) is 3.17. The number of hydrogen-bond donors (Lipinski definition) is 2. The lowest BCUT2D eigenvalue weighted by molar-refractivity contribution is -0.138. The maximum atomic E-state index is 12.7. The third kappa shape index (κ3) is 7.24. The first-order chi connectivity index (χ1) is 13.4. The van der Waals surface area contributed by atoms with Gasteiger partial charge in [-0.25, -0.2) is 0 Å². The molecule has 1 unspecified atom stereocenters. The van der Waals surface area contributed by atoms with Crippen molar-refractivity contribution >= 4 is 35.8 Å². The van der Waals surface area contributed by atoms with Crippen molar-refractivity contribution < 1.29 is 14.3 Å². The number of aliphatic imine (C=N–C) groups is 1. The summed E-state index contributed by atoms with van der Waals surface area (Å²) in [5.41, 5.74) is -0.330. The van der Waals surface area contributed by atoms with Crippen molar-refractivity contribution in [1.29, 1.82) is 0 Å². The average molecular weight is 518 g/mol. The molecule has 1 aliphatic rings. The minimum absolute atomic E-state index is 0. The molecule has 1 amide bonds. The molecule has 1 aromatic rings. The van der Waals surface area contributed by atoms with Gasteiger partial charge in [-0.1, -0.05) is 18.9 Å². The SMILES string of the molecule is CN=C(NCC(C)Oc1cccc(OC)c1)NCC1(C(=O)N(C)C)CCCC1.I. The Bertz CT molecular complexity index is 676. The monoisotopic (exact) mass is 518 g/mol. The molecule has 164 valence electrons. The number of carbonyl (C=O) groups is 1. The summed E-state index contributed by atoms with van der Waals surface area (Å²) in [6.07, 6.45) is 3.97. The van der Waals surface area contributed by atoms with Crippen molar-refractivity contribution in [3.05, 3.63) is 24.3 Å². The predicted molar refractivity (Wildman–Crippen MR) is 127 cm³/mol. The van der Waals surface area contributed by atoms with Crippen LogP contribution in [-0.2, 0) is 4.79 Å². The Labute approximate surface area is 191 Å². The lowest BCUT2D eigenvalue weighted by Crippen LogP contribution is -2.50. The Morgan fingerprint density at radius 1 is 1.24 bits per heavy atom. The molecule has 0 spiro atoms. The first kappa shape index (κ1) is 25.3. The highest BCUT2D eigenvalue weighted by atomic mass is 127. The highest BCUT2D eigenvalue weighted by Crippen LogP contribution is 2.38. The van der Waals surface area contributed by atoms with Gasteiger partial charge in [0.25, 0.3) is 0 Å². The van der Waals surface area contributed by atoms with E-state index in [0.29, 0.717) is 19.0 Å². The van der Waals surface area contributed by atoms with E-state index in [-0.39, 0.29) is 41.4 Å². The molecule has 2 N–H and O–H groups in total. The smallest absolute Gasteiger partial charge is 0.230 e. The molecular weight excluding hydrogens is 483 g/mol. The van der Waals surface area contributed by atoms with Crippen molar-refractivity contribution in [3.63, 3.8) is 0 Å². The van der Waals surface area contributed by atoms with E-state index in [9.17, 15) is 4.79 Å². The summed E-state index contributed by atoms with van der Waals surface area (Å²) >= 11 is 0. The van der Waals surface area contributed by atoms with Gasteiger partial charge in [0.05, 0.1) is 19.1 Å². The van der Waals surface area contributed by atoms with Crippen LogP contribution in [0.5, 0.6) is 11.5 Å². The van der Waals surface area contributed by atoms with E-state index in [1.54, 1.807) is 19.1 Å². The summed E-state index contributed by atoms with van der Waals surface area (Å²) in [5, 5.41) is 6.63. The van der Waals surface area contributed by atoms with Gasteiger partial charge in [0.2, 0.25) is 5.91 Å². The fourth-order valence-electron chi connectivity index (χ4n) is 3.65. The second kappa shape index (κ2) is 12.1. The normalized spacial score (nSPS) is 16.4. The van der Waals surface area contributed by atoms with Crippen LogP contribution < -0.4 is 20.1 Å². The van der Waals surface area contributed by atoms with Crippen molar-refractivity contribution in [3.8, 4) is 11.5 Å². The van der Waals surface area contributed by atoms with Crippen LogP contribution in [0.1, 0.15) is 32.6 Å². The van der Waals surface area contributed by atoms with Gasteiger partial charge in [-0.2, -0.15) is 0 Å². The Morgan fingerprint density at radius 3 is 2.48 bits per heavy atom. The number of hydrogen-bond acceptors (Lipinski definition) is 4. The molecule has 1 aromatic carbocycles. The average Bonchev–Trinajstić information content (AvgIpc) is 3.17. The van der Waals surface area contributed by atoms with Crippen LogP contribution in [0.3, 0.4) is 0 Å². The van der Waals surface area contributed by atoms with Gasteiger partial charge in [0, 0.05) is 33.8 Å². The Balaban J connectivity index is 0.00000420. The van der Waals surface area contributed by atoms with Crippen LogP contribution in [-0.4, -0.2) is 64.2 Å². The second-order valence-electron chi connectivity index (χ2n) is 7.60. The number of carbonyl (C=O) groups excluding carboxylic acids is 1. The van der Waals surface area contributed by atoms with Crippen molar-refractivity contribution in [2.24, 2.45) is 10.4 Å². The van der Waals surface area contributed by atoms with E-state index in [1.807, 2.05) is 45.3 Å². The Kier molecular flexibility index (Phi) is 10.6. The zero-order valence-corrected chi connectivity index (χ0v) is 20.5. The summed E-state index contributed by atoms with van der Waals surface area (Å²) in [7, 11) is 7.02. The van der Waals surface area contributed by atoms with E-state index in [2.05, 4.69) is 15.6 Å². The number of rotatable bonds is 8. The van der Waals surface area contributed by atoms with E-state index >= 15 is 0 Å². The van der Waals surface area contributed by atoms with E-state index in [0.717, 1.165) is 37.2 Å². The first-order valence-corrected chi connectivity index (χ1v) is 9.87. The van der Waals surface area contributed by atoms with Gasteiger partial charge < -0.3 is 25.0 Å². The molecule has 1 atom stereocenters. The van der Waals surface area contributed by atoms with Crippen LogP contribution in [0.2, 0.25) is 0 Å².